The Morgan fingerprint density at radius 3 is 2.62 bits per heavy atom. The van der Waals surface area contributed by atoms with Gasteiger partial charge in [-0.15, -0.1) is 0 Å². The van der Waals surface area contributed by atoms with Crippen LogP contribution >= 0.6 is 0 Å². The molecule has 1 fully saturated rings. The van der Waals surface area contributed by atoms with Crippen molar-refractivity contribution in [1.29, 1.82) is 0 Å². The van der Waals surface area contributed by atoms with Gasteiger partial charge in [0.15, 0.2) is 0 Å². The summed E-state index contributed by atoms with van der Waals surface area (Å²) in [5.74, 6) is -1.22. The van der Waals surface area contributed by atoms with Gasteiger partial charge in [-0.25, -0.2) is 4.39 Å². The van der Waals surface area contributed by atoms with Gasteiger partial charge in [-0.1, -0.05) is 24.3 Å². The molecule has 0 spiro atoms. The van der Waals surface area contributed by atoms with E-state index in [1.165, 1.54) is 24.3 Å². The number of hydrogen-bond acceptors (Lipinski definition) is 5. The molecule has 1 aliphatic rings. The maximum absolute atomic E-state index is 12.9. The van der Waals surface area contributed by atoms with Crippen molar-refractivity contribution in [3.8, 4) is 5.75 Å². The van der Waals surface area contributed by atoms with Crippen LogP contribution < -0.4 is 4.74 Å². The molecule has 0 radical (unpaired) electrons. The molecule has 0 saturated heterocycles. The third kappa shape index (κ3) is 7.97. The van der Waals surface area contributed by atoms with Crippen LogP contribution in [0.25, 0.3) is 0 Å². The third-order valence-corrected chi connectivity index (χ3v) is 5.04. The maximum atomic E-state index is 12.9. The highest BCUT2D eigenvalue weighted by atomic mass is 19.1. The molecule has 1 saturated carbocycles. The highest BCUT2D eigenvalue weighted by Crippen LogP contribution is 2.36. The molecule has 0 amide bonds. The minimum Gasteiger partial charge on any atom is -0.491 e. The zero-order valence-corrected chi connectivity index (χ0v) is 16.2. The molecule has 6 nitrogen and oxygen atoms in total. The first-order valence-corrected chi connectivity index (χ1v) is 9.84. The number of aliphatic carboxylic acids is 1. The summed E-state index contributed by atoms with van der Waals surface area (Å²) in [4.78, 5) is 10.5. The fourth-order valence-corrected chi connectivity index (χ4v) is 3.47. The lowest BCUT2D eigenvalue weighted by atomic mass is 9.89. The van der Waals surface area contributed by atoms with Crippen molar-refractivity contribution in [2.24, 2.45) is 11.8 Å². The summed E-state index contributed by atoms with van der Waals surface area (Å²) in [6, 6.07) is 5.49. The summed E-state index contributed by atoms with van der Waals surface area (Å²) in [5.41, 5.74) is 0. The Hall–Kier alpha value is -2.22. The van der Waals surface area contributed by atoms with Gasteiger partial charge in [0.25, 0.3) is 0 Å². The Kier molecular flexibility index (Phi) is 9.31. The molecule has 0 aliphatic heterocycles. The third-order valence-electron chi connectivity index (χ3n) is 5.04. The van der Waals surface area contributed by atoms with Gasteiger partial charge in [0.1, 0.15) is 24.3 Å². The highest BCUT2D eigenvalue weighted by molar-refractivity contribution is 5.66. The SMILES string of the molecule is O=C(O)CCC/C=C\C[C@H]1[C@H](/C=C/[C@H](O)COc2ccc(F)cc2)[C@@H](O)C[C@H]1O. The van der Waals surface area contributed by atoms with E-state index < -0.39 is 24.3 Å². The van der Waals surface area contributed by atoms with Crippen LogP contribution in [-0.2, 0) is 4.79 Å². The number of halogens is 1. The predicted molar refractivity (Wildman–Crippen MR) is 106 cm³/mol. The van der Waals surface area contributed by atoms with Gasteiger partial charge in [-0.3, -0.25) is 4.79 Å². The van der Waals surface area contributed by atoms with Crippen molar-refractivity contribution in [3.63, 3.8) is 0 Å². The number of carboxylic acid groups (broad SMARTS) is 1. The minimum absolute atomic E-state index is 0.0123. The molecule has 1 aliphatic carbocycles. The summed E-state index contributed by atoms with van der Waals surface area (Å²) >= 11 is 0. The molecule has 7 heteroatoms. The van der Waals surface area contributed by atoms with Gasteiger partial charge in [0, 0.05) is 18.8 Å². The quantitative estimate of drug-likeness (QED) is 0.331. The molecule has 160 valence electrons. The first-order valence-electron chi connectivity index (χ1n) is 9.84. The van der Waals surface area contributed by atoms with Crippen molar-refractivity contribution in [3.05, 3.63) is 54.4 Å². The molecule has 1 aromatic carbocycles. The van der Waals surface area contributed by atoms with E-state index in [2.05, 4.69) is 0 Å². The summed E-state index contributed by atoms with van der Waals surface area (Å²) < 4.78 is 18.3. The lowest BCUT2D eigenvalue weighted by Crippen LogP contribution is -2.21. The number of hydrogen-bond donors (Lipinski definition) is 4. The summed E-state index contributed by atoms with van der Waals surface area (Å²) in [7, 11) is 0. The van der Waals surface area contributed by atoms with Crippen molar-refractivity contribution >= 4 is 5.97 Å². The van der Waals surface area contributed by atoms with Crippen molar-refractivity contribution < 1.29 is 34.3 Å². The second kappa shape index (κ2) is 11.7. The number of ether oxygens (including phenoxy) is 1. The summed E-state index contributed by atoms with van der Waals surface area (Å²) in [5, 5.41) is 39.2. The molecule has 4 N–H and O–H groups in total. The number of unbranched alkanes of at least 4 members (excludes halogenated alkanes) is 1. The Labute approximate surface area is 170 Å². The van der Waals surface area contributed by atoms with E-state index in [1.54, 1.807) is 12.2 Å². The molecular weight excluding hydrogens is 379 g/mol. The Morgan fingerprint density at radius 2 is 1.93 bits per heavy atom. The fraction of sp³-hybridized carbons (Fsp3) is 0.500. The molecule has 0 aromatic heterocycles. The topological polar surface area (TPSA) is 107 Å². The van der Waals surface area contributed by atoms with Crippen LogP contribution in [0.1, 0.15) is 32.1 Å². The monoisotopic (exact) mass is 408 g/mol. The van der Waals surface area contributed by atoms with Crippen molar-refractivity contribution in [1.82, 2.24) is 0 Å². The van der Waals surface area contributed by atoms with Crippen LogP contribution in [0.2, 0.25) is 0 Å². The Bertz CT molecular complexity index is 687. The standard InChI is InChI=1S/C22H29FO6/c23-15-7-10-17(11-8-15)29-14-16(24)9-12-19-18(20(25)13-21(19)26)5-3-1-2-4-6-22(27)28/h1,3,7-12,16,18-21,24-26H,2,4-6,13-14H2,(H,27,28)/b3-1-,12-9+/t16-,18-,19-,20+,21-/m0/s1. The lowest BCUT2D eigenvalue weighted by molar-refractivity contribution is -0.137. The van der Waals surface area contributed by atoms with Crippen LogP contribution in [-0.4, -0.2) is 51.3 Å². The van der Waals surface area contributed by atoms with Crippen LogP contribution in [0.15, 0.2) is 48.6 Å². The molecular formula is C22H29FO6. The molecule has 1 aromatic rings. The second-order valence-corrected chi connectivity index (χ2v) is 7.32. The molecule has 5 atom stereocenters. The molecule has 29 heavy (non-hydrogen) atoms. The number of aliphatic hydroxyl groups is 3. The first-order chi connectivity index (χ1) is 13.9. The number of benzene rings is 1. The fourth-order valence-electron chi connectivity index (χ4n) is 3.47. The van der Waals surface area contributed by atoms with Crippen molar-refractivity contribution in [2.75, 3.05) is 6.61 Å². The molecule has 0 unspecified atom stereocenters. The predicted octanol–water partition coefficient (Wildman–Crippen LogP) is 2.68. The maximum Gasteiger partial charge on any atom is 0.303 e. The van der Waals surface area contributed by atoms with E-state index in [0.29, 0.717) is 25.0 Å². The lowest BCUT2D eigenvalue weighted by Gasteiger charge is -2.19. The van der Waals surface area contributed by atoms with E-state index in [-0.39, 0.29) is 37.1 Å². The number of carbonyl (C=O) groups is 1. The van der Waals surface area contributed by atoms with E-state index in [1.807, 2.05) is 12.2 Å². The number of allylic oxidation sites excluding steroid dienone is 2. The number of carboxylic acids is 1. The van der Waals surface area contributed by atoms with E-state index >= 15 is 0 Å². The van der Waals surface area contributed by atoms with Gasteiger partial charge >= 0.3 is 5.97 Å². The smallest absolute Gasteiger partial charge is 0.303 e. The van der Waals surface area contributed by atoms with E-state index in [0.717, 1.165) is 0 Å². The number of aliphatic hydroxyl groups excluding tert-OH is 3. The average molecular weight is 408 g/mol. The normalized spacial score (nSPS) is 25.7. The highest BCUT2D eigenvalue weighted by Gasteiger charge is 2.39. The van der Waals surface area contributed by atoms with Gasteiger partial charge in [-0.05, 0) is 49.4 Å². The summed E-state index contributed by atoms with van der Waals surface area (Å²) in [6.07, 6.45) is 6.97. The van der Waals surface area contributed by atoms with Gasteiger partial charge in [0.2, 0.25) is 0 Å². The van der Waals surface area contributed by atoms with Crippen LogP contribution in [0.4, 0.5) is 4.39 Å². The molecule has 0 heterocycles. The number of rotatable bonds is 11. The Balaban J connectivity index is 1.82. The van der Waals surface area contributed by atoms with Crippen LogP contribution in [0, 0.1) is 17.7 Å². The Morgan fingerprint density at radius 1 is 1.21 bits per heavy atom. The van der Waals surface area contributed by atoms with E-state index in [9.17, 15) is 24.5 Å². The zero-order valence-electron chi connectivity index (χ0n) is 16.2. The van der Waals surface area contributed by atoms with Gasteiger partial charge < -0.3 is 25.2 Å². The molecule has 2 rings (SSSR count). The summed E-state index contributed by atoms with van der Waals surface area (Å²) in [6.45, 7) is -0.0123. The van der Waals surface area contributed by atoms with Gasteiger partial charge in [0.05, 0.1) is 12.2 Å². The largest absolute Gasteiger partial charge is 0.491 e. The average Bonchev–Trinajstić information content (AvgIpc) is 2.94. The van der Waals surface area contributed by atoms with Gasteiger partial charge in [-0.2, -0.15) is 0 Å². The van der Waals surface area contributed by atoms with E-state index in [4.69, 9.17) is 9.84 Å². The first kappa shape index (κ1) is 23.1. The molecule has 0 bridgehead atoms. The van der Waals surface area contributed by atoms with Crippen LogP contribution in [0.5, 0.6) is 5.75 Å². The van der Waals surface area contributed by atoms with Crippen molar-refractivity contribution in [2.45, 2.75) is 50.4 Å². The van der Waals surface area contributed by atoms with Crippen LogP contribution in [0.3, 0.4) is 0 Å². The zero-order chi connectivity index (χ0) is 21.2. The second-order valence-electron chi connectivity index (χ2n) is 7.32. The minimum atomic E-state index is -0.905.